The summed E-state index contributed by atoms with van der Waals surface area (Å²) < 4.78 is 10.9. The van der Waals surface area contributed by atoms with E-state index in [0.29, 0.717) is 19.6 Å². The maximum absolute atomic E-state index is 11.8. The number of hydrogen-bond acceptors (Lipinski definition) is 4. The van der Waals surface area contributed by atoms with Crippen LogP contribution in [0.4, 0.5) is 0 Å². The first-order valence-corrected chi connectivity index (χ1v) is 6.75. The van der Waals surface area contributed by atoms with Crippen LogP contribution in [0.25, 0.3) is 0 Å². The van der Waals surface area contributed by atoms with Crippen molar-refractivity contribution < 1.29 is 13.9 Å². The number of ether oxygens (including phenoxy) is 1. The van der Waals surface area contributed by atoms with E-state index in [0.717, 1.165) is 31.0 Å². The molecule has 5 heteroatoms. The van der Waals surface area contributed by atoms with Crippen LogP contribution in [0.3, 0.4) is 0 Å². The van der Waals surface area contributed by atoms with Crippen molar-refractivity contribution >= 4 is 5.91 Å². The highest BCUT2D eigenvalue weighted by Crippen LogP contribution is 2.10. The van der Waals surface area contributed by atoms with E-state index in [-0.39, 0.29) is 12.0 Å². The van der Waals surface area contributed by atoms with Crippen LogP contribution < -0.4 is 5.32 Å². The third-order valence-electron chi connectivity index (χ3n) is 3.19. The van der Waals surface area contributed by atoms with E-state index in [2.05, 4.69) is 5.32 Å². The molecule has 1 aromatic heterocycles. The molecule has 1 aliphatic heterocycles. The summed E-state index contributed by atoms with van der Waals surface area (Å²) in [7, 11) is 1.91. The molecule has 2 heterocycles. The number of nitrogens with one attached hydrogen (secondary N) is 1. The molecule has 19 heavy (non-hydrogen) atoms. The van der Waals surface area contributed by atoms with Gasteiger partial charge in [-0.05, 0) is 38.9 Å². The SMILES string of the molecule is Cc1ccc(CN(C)CC(=O)NCC2CCCO2)o1. The molecule has 0 bridgehead atoms. The molecule has 1 amide bonds. The molecule has 1 unspecified atom stereocenters. The summed E-state index contributed by atoms with van der Waals surface area (Å²) in [4.78, 5) is 13.7. The number of likely N-dealkylation sites (N-methyl/N-ethyl adjacent to an activating group) is 1. The Morgan fingerprint density at radius 1 is 1.53 bits per heavy atom. The Labute approximate surface area is 113 Å². The molecule has 1 fully saturated rings. The van der Waals surface area contributed by atoms with E-state index < -0.39 is 0 Å². The Hall–Kier alpha value is -1.33. The molecule has 0 aromatic carbocycles. The zero-order valence-electron chi connectivity index (χ0n) is 11.6. The van der Waals surface area contributed by atoms with Crippen LogP contribution in [-0.4, -0.2) is 43.7 Å². The fourth-order valence-corrected chi connectivity index (χ4v) is 2.23. The van der Waals surface area contributed by atoms with Gasteiger partial charge in [-0.3, -0.25) is 9.69 Å². The van der Waals surface area contributed by atoms with Crippen molar-refractivity contribution in [3.05, 3.63) is 23.7 Å². The van der Waals surface area contributed by atoms with Gasteiger partial charge in [0.15, 0.2) is 0 Å². The highest BCUT2D eigenvalue weighted by molar-refractivity contribution is 5.77. The van der Waals surface area contributed by atoms with Crippen molar-refractivity contribution in [3.63, 3.8) is 0 Å². The molecular weight excluding hydrogens is 244 g/mol. The monoisotopic (exact) mass is 266 g/mol. The molecule has 106 valence electrons. The van der Waals surface area contributed by atoms with Gasteiger partial charge in [0, 0.05) is 13.2 Å². The zero-order valence-corrected chi connectivity index (χ0v) is 11.6. The van der Waals surface area contributed by atoms with Gasteiger partial charge in [-0.25, -0.2) is 0 Å². The standard InChI is InChI=1S/C14H22N2O3/c1-11-5-6-13(19-11)9-16(2)10-14(17)15-8-12-4-3-7-18-12/h5-6,12H,3-4,7-10H2,1-2H3,(H,15,17). The minimum atomic E-state index is 0.0290. The highest BCUT2D eigenvalue weighted by atomic mass is 16.5. The van der Waals surface area contributed by atoms with Gasteiger partial charge in [0.25, 0.3) is 0 Å². The summed E-state index contributed by atoms with van der Waals surface area (Å²) in [5.74, 6) is 1.81. The Balaban J connectivity index is 1.66. The van der Waals surface area contributed by atoms with Crippen molar-refractivity contribution in [2.75, 3.05) is 26.7 Å². The van der Waals surface area contributed by atoms with E-state index in [4.69, 9.17) is 9.15 Å². The second-order valence-electron chi connectivity index (χ2n) is 5.12. The molecule has 1 aromatic rings. The number of nitrogens with zero attached hydrogens (tertiary/aromatic N) is 1. The number of carbonyl (C=O) groups excluding carboxylic acids is 1. The number of carbonyl (C=O) groups is 1. The van der Waals surface area contributed by atoms with Gasteiger partial charge in [0.2, 0.25) is 5.91 Å². The highest BCUT2D eigenvalue weighted by Gasteiger charge is 2.16. The van der Waals surface area contributed by atoms with E-state index in [1.165, 1.54) is 0 Å². The van der Waals surface area contributed by atoms with Gasteiger partial charge < -0.3 is 14.5 Å². The second-order valence-corrected chi connectivity index (χ2v) is 5.12. The van der Waals surface area contributed by atoms with Crippen LogP contribution in [0.15, 0.2) is 16.5 Å². The first-order valence-electron chi connectivity index (χ1n) is 6.75. The van der Waals surface area contributed by atoms with Crippen molar-refractivity contribution in [1.29, 1.82) is 0 Å². The molecule has 1 saturated heterocycles. The average Bonchev–Trinajstić information content (AvgIpc) is 2.98. The number of rotatable bonds is 6. The molecule has 5 nitrogen and oxygen atoms in total. The minimum Gasteiger partial charge on any atom is -0.465 e. The van der Waals surface area contributed by atoms with Crippen LogP contribution in [0.1, 0.15) is 24.4 Å². The Bertz CT molecular complexity index is 411. The summed E-state index contributed by atoms with van der Waals surface area (Å²) in [6, 6.07) is 3.87. The maximum Gasteiger partial charge on any atom is 0.234 e. The third kappa shape index (κ3) is 4.69. The molecule has 1 aliphatic rings. The lowest BCUT2D eigenvalue weighted by atomic mass is 10.2. The predicted molar refractivity (Wildman–Crippen MR) is 71.8 cm³/mol. The predicted octanol–water partition coefficient (Wildman–Crippen LogP) is 1.32. The fourth-order valence-electron chi connectivity index (χ4n) is 2.23. The largest absolute Gasteiger partial charge is 0.465 e. The van der Waals surface area contributed by atoms with Crippen LogP contribution in [0.2, 0.25) is 0 Å². The third-order valence-corrected chi connectivity index (χ3v) is 3.19. The summed E-state index contributed by atoms with van der Waals surface area (Å²) in [6.45, 7) is 4.36. The zero-order chi connectivity index (χ0) is 13.7. The lowest BCUT2D eigenvalue weighted by molar-refractivity contribution is -0.122. The summed E-state index contributed by atoms with van der Waals surface area (Å²) in [5, 5.41) is 2.91. The van der Waals surface area contributed by atoms with Gasteiger partial charge in [-0.15, -0.1) is 0 Å². The normalized spacial score (nSPS) is 19.0. The Morgan fingerprint density at radius 2 is 2.37 bits per heavy atom. The average molecular weight is 266 g/mol. The topological polar surface area (TPSA) is 54.7 Å². The summed E-state index contributed by atoms with van der Waals surface area (Å²) >= 11 is 0. The van der Waals surface area contributed by atoms with Crippen molar-refractivity contribution in [2.24, 2.45) is 0 Å². The van der Waals surface area contributed by atoms with Crippen molar-refractivity contribution in [3.8, 4) is 0 Å². The van der Waals surface area contributed by atoms with Crippen LogP contribution in [-0.2, 0) is 16.1 Å². The first-order chi connectivity index (χ1) is 9.13. The maximum atomic E-state index is 11.8. The van der Waals surface area contributed by atoms with Crippen molar-refractivity contribution in [2.45, 2.75) is 32.4 Å². The molecule has 2 rings (SSSR count). The van der Waals surface area contributed by atoms with Gasteiger partial charge in [0.1, 0.15) is 11.5 Å². The fraction of sp³-hybridized carbons (Fsp3) is 0.643. The molecular formula is C14H22N2O3. The smallest absolute Gasteiger partial charge is 0.234 e. The second kappa shape index (κ2) is 6.73. The molecule has 0 radical (unpaired) electrons. The molecule has 0 aliphatic carbocycles. The molecule has 1 atom stereocenters. The molecule has 1 N–H and O–H groups in total. The van der Waals surface area contributed by atoms with Gasteiger partial charge >= 0.3 is 0 Å². The van der Waals surface area contributed by atoms with Crippen molar-refractivity contribution in [1.82, 2.24) is 10.2 Å². The number of aryl methyl sites for hydroxylation is 1. The minimum absolute atomic E-state index is 0.0290. The van der Waals surface area contributed by atoms with Crippen LogP contribution >= 0.6 is 0 Å². The summed E-state index contributed by atoms with van der Waals surface area (Å²) in [5.41, 5.74) is 0. The summed E-state index contributed by atoms with van der Waals surface area (Å²) in [6.07, 6.45) is 2.34. The molecule has 0 saturated carbocycles. The lowest BCUT2D eigenvalue weighted by Gasteiger charge is -2.16. The Kier molecular flexibility index (Phi) is 4.99. The number of hydrogen-bond donors (Lipinski definition) is 1. The lowest BCUT2D eigenvalue weighted by Crippen LogP contribution is -2.38. The number of amides is 1. The first kappa shape index (κ1) is 14.1. The Morgan fingerprint density at radius 3 is 3.00 bits per heavy atom. The van der Waals surface area contributed by atoms with Crippen LogP contribution in [0.5, 0.6) is 0 Å². The van der Waals surface area contributed by atoms with Gasteiger partial charge in [-0.2, -0.15) is 0 Å². The number of furan rings is 1. The molecule has 0 spiro atoms. The van der Waals surface area contributed by atoms with E-state index in [1.54, 1.807) is 0 Å². The van der Waals surface area contributed by atoms with E-state index in [9.17, 15) is 4.79 Å². The van der Waals surface area contributed by atoms with Gasteiger partial charge in [-0.1, -0.05) is 0 Å². The quantitative estimate of drug-likeness (QED) is 0.843. The van der Waals surface area contributed by atoms with Gasteiger partial charge in [0.05, 0.1) is 19.2 Å². The van der Waals surface area contributed by atoms with Crippen LogP contribution in [0, 0.1) is 6.92 Å². The van der Waals surface area contributed by atoms with E-state index in [1.807, 2.05) is 31.0 Å². The van der Waals surface area contributed by atoms with E-state index >= 15 is 0 Å².